The summed E-state index contributed by atoms with van der Waals surface area (Å²) in [5, 5.41) is 23.5. The maximum absolute atomic E-state index is 12.6. The van der Waals surface area contributed by atoms with Crippen molar-refractivity contribution >= 4 is 18.0 Å². The number of nitrogens with one attached hydrogen (secondary N) is 2. The largest absolute Gasteiger partial charge is 0.480 e. The Bertz CT molecular complexity index is 994. The Kier molecular flexibility index (Phi) is 6.93. The molecule has 0 heterocycles. The Balaban J connectivity index is 1.36. The zero-order chi connectivity index (χ0) is 23.4. The topological polar surface area (TPSA) is 125 Å². The summed E-state index contributed by atoms with van der Waals surface area (Å²) in [4.78, 5) is 36.5. The van der Waals surface area contributed by atoms with Crippen LogP contribution in [-0.2, 0) is 14.3 Å². The second kappa shape index (κ2) is 10.0. The van der Waals surface area contributed by atoms with E-state index in [1.54, 1.807) is 0 Å². The number of alkyl carbamates (subject to hydrolysis) is 1. The molecule has 2 amide bonds. The Labute approximate surface area is 192 Å². The summed E-state index contributed by atoms with van der Waals surface area (Å²) in [5.41, 5.74) is 4.53. The standard InChI is InChI=1S/C25H28N2O6/c28-13-12-22(24(30)31)26-23(29)19-10-5-11-21(19)27-25(32)33-14-20-17-8-3-1-6-15(17)16-7-2-4-9-18(16)20/h1-4,6-9,19-22,28H,5,10-14H2,(H,26,29)(H,27,32)(H,30,31)/t19-,21+,22-/m1/s1. The second-order valence-electron chi connectivity index (χ2n) is 8.53. The number of benzene rings is 2. The fourth-order valence-electron chi connectivity index (χ4n) is 4.90. The third-order valence-electron chi connectivity index (χ3n) is 6.53. The molecule has 3 atom stereocenters. The summed E-state index contributed by atoms with van der Waals surface area (Å²) < 4.78 is 5.58. The van der Waals surface area contributed by atoms with E-state index in [4.69, 9.17) is 9.84 Å². The third kappa shape index (κ3) is 4.85. The summed E-state index contributed by atoms with van der Waals surface area (Å²) in [6, 6.07) is 14.6. The van der Waals surface area contributed by atoms with Crippen molar-refractivity contribution in [2.24, 2.45) is 5.92 Å². The molecule has 4 rings (SSSR count). The van der Waals surface area contributed by atoms with E-state index in [2.05, 4.69) is 22.8 Å². The number of carboxylic acids is 1. The highest BCUT2D eigenvalue weighted by atomic mass is 16.5. The van der Waals surface area contributed by atoms with E-state index in [0.717, 1.165) is 28.7 Å². The molecular weight excluding hydrogens is 424 g/mol. The van der Waals surface area contributed by atoms with Crippen LogP contribution in [0.25, 0.3) is 11.1 Å². The van der Waals surface area contributed by atoms with E-state index in [9.17, 15) is 19.5 Å². The molecule has 2 aromatic carbocycles. The van der Waals surface area contributed by atoms with Crippen molar-refractivity contribution in [2.45, 2.75) is 43.7 Å². The van der Waals surface area contributed by atoms with Gasteiger partial charge in [0.2, 0.25) is 5.91 Å². The Morgan fingerprint density at radius 2 is 1.64 bits per heavy atom. The molecule has 33 heavy (non-hydrogen) atoms. The van der Waals surface area contributed by atoms with Crippen LogP contribution in [0, 0.1) is 5.92 Å². The third-order valence-corrected chi connectivity index (χ3v) is 6.53. The van der Waals surface area contributed by atoms with Gasteiger partial charge in [0, 0.05) is 25.0 Å². The molecule has 0 bridgehead atoms. The number of amides is 2. The molecule has 0 aliphatic heterocycles. The van der Waals surface area contributed by atoms with Gasteiger partial charge in [-0.2, -0.15) is 0 Å². The number of carbonyl (C=O) groups excluding carboxylic acids is 2. The maximum atomic E-state index is 12.6. The van der Waals surface area contributed by atoms with E-state index in [1.165, 1.54) is 0 Å². The molecule has 0 saturated heterocycles. The molecule has 174 valence electrons. The number of fused-ring (bicyclic) bond motifs is 3. The number of aliphatic carboxylic acids is 1. The average Bonchev–Trinajstić information content (AvgIpc) is 3.40. The van der Waals surface area contributed by atoms with Crippen molar-refractivity contribution in [1.82, 2.24) is 10.6 Å². The first kappa shape index (κ1) is 22.8. The number of carbonyl (C=O) groups is 3. The van der Waals surface area contributed by atoms with Gasteiger partial charge in [-0.05, 0) is 35.1 Å². The lowest BCUT2D eigenvalue weighted by Gasteiger charge is -2.23. The Morgan fingerprint density at radius 3 is 2.24 bits per heavy atom. The number of ether oxygens (including phenoxy) is 1. The van der Waals surface area contributed by atoms with Crippen molar-refractivity contribution in [1.29, 1.82) is 0 Å². The number of hydrogen-bond acceptors (Lipinski definition) is 5. The normalized spacial score (nSPS) is 19.9. The van der Waals surface area contributed by atoms with E-state index >= 15 is 0 Å². The highest BCUT2D eigenvalue weighted by Crippen LogP contribution is 2.44. The van der Waals surface area contributed by atoms with Crippen LogP contribution < -0.4 is 10.6 Å². The van der Waals surface area contributed by atoms with E-state index < -0.39 is 36.0 Å². The first-order chi connectivity index (χ1) is 16.0. The molecular formula is C25H28N2O6. The smallest absolute Gasteiger partial charge is 0.407 e. The summed E-state index contributed by atoms with van der Waals surface area (Å²) >= 11 is 0. The van der Waals surface area contributed by atoms with Gasteiger partial charge >= 0.3 is 12.1 Å². The predicted octanol–water partition coefficient (Wildman–Crippen LogP) is 2.65. The van der Waals surface area contributed by atoms with Crippen molar-refractivity contribution in [2.75, 3.05) is 13.2 Å². The van der Waals surface area contributed by atoms with Crippen LogP contribution in [-0.4, -0.2) is 53.5 Å². The maximum Gasteiger partial charge on any atom is 0.407 e. The van der Waals surface area contributed by atoms with Crippen molar-refractivity contribution in [3.05, 3.63) is 59.7 Å². The van der Waals surface area contributed by atoms with Crippen molar-refractivity contribution in [3.63, 3.8) is 0 Å². The molecule has 1 saturated carbocycles. The number of carboxylic acid groups (broad SMARTS) is 1. The zero-order valence-corrected chi connectivity index (χ0v) is 18.2. The molecule has 0 unspecified atom stereocenters. The first-order valence-corrected chi connectivity index (χ1v) is 11.2. The minimum Gasteiger partial charge on any atom is -0.480 e. The SMILES string of the molecule is O=C(N[C@H]1CCC[C@H]1C(=O)N[C@H](CCO)C(=O)O)OCC1c2ccccc2-c2ccccc21. The van der Waals surface area contributed by atoms with Crippen LogP contribution in [0.4, 0.5) is 4.79 Å². The van der Waals surface area contributed by atoms with Crippen LogP contribution in [0.5, 0.6) is 0 Å². The lowest BCUT2D eigenvalue weighted by atomic mass is 9.98. The van der Waals surface area contributed by atoms with Gasteiger partial charge in [0.25, 0.3) is 0 Å². The Hall–Kier alpha value is -3.39. The number of aliphatic hydroxyl groups is 1. The van der Waals surface area contributed by atoms with Crippen LogP contribution in [0.3, 0.4) is 0 Å². The molecule has 1 fully saturated rings. The van der Waals surface area contributed by atoms with E-state index in [-0.39, 0.29) is 25.6 Å². The highest BCUT2D eigenvalue weighted by Gasteiger charge is 2.36. The fraction of sp³-hybridized carbons (Fsp3) is 0.400. The molecule has 2 aliphatic carbocycles. The lowest BCUT2D eigenvalue weighted by molar-refractivity contribution is -0.143. The van der Waals surface area contributed by atoms with Gasteiger partial charge in [0.15, 0.2) is 0 Å². The van der Waals surface area contributed by atoms with Gasteiger partial charge in [-0.15, -0.1) is 0 Å². The van der Waals surface area contributed by atoms with Crippen molar-refractivity contribution < 1.29 is 29.3 Å². The minimum absolute atomic E-state index is 0.0550. The molecule has 0 aromatic heterocycles. The van der Waals surface area contributed by atoms with E-state index in [0.29, 0.717) is 12.8 Å². The van der Waals surface area contributed by atoms with Crippen LogP contribution in [0.2, 0.25) is 0 Å². The van der Waals surface area contributed by atoms with Crippen LogP contribution in [0.1, 0.15) is 42.7 Å². The monoisotopic (exact) mass is 452 g/mol. The summed E-state index contributed by atoms with van der Waals surface area (Å²) in [7, 11) is 0. The molecule has 2 aromatic rings. The molecule has 2 aliphatic rings. The van der Waals surface area contributed by atoms with Gasteiger partial charge in [-0.1, -0.05) is 55.0 Å². The second-order valence-corrected chi connectivity index (χ2v) is 8.53. The van der Waals surface area contributed by atoms with Gasteiger partial charge in [-0.25, -0.2) is 9.59 Å². The molecule has 4 N–H and O–H groups in total. The summed E-state index contributed by atoms with van der Waals surface area (Å²) in [6.07, 6.45) is 1.24. The predicted molar refractivity (Wildman–Crippen MR) is 121 cm³/mol. The van der Waals surface area contributed by atoms with Gasteiger partial charge in [0.05, 0.1) is 5.92 Å². The van der Waals surface area contributed by atoms with Crippen LogP contribution >= 0.6 is 0 Å². The summed E-state index contributed by atoms with van der Waals surface area (Å²) in [6.45, 7) is -0.162. The highest BCUT2D eigenvalue weighted by molar-refractivity contribution is 5.86. The molecule has 8 heteroatoms. The zero-order valence-electron chi connectivity index (χ0n) is 18.2. The quantitative estimate of drug-likeness (QED) is 0.488. The number of aliphatic hydroxyl groups excluding tert-OH is 1. The lowest BCUT2D eigenvalue weighted by Crippen LogP contribution is -2.49. The van der Waals surface area contributed by atoms with Crippen LogP contribution in [0.15, 0.2) is 48.5 Å². The first-order valence-electron chi connectivity index (χ1n) is 11.2. The van der Waals surface area contributed by atoms with Gasteiger partial charge in [-0.3, -0.25) is 4.79 Å². The Morgan fingerprint density at radius 1 is 1.00 bits per heavy atom. The summed E-state index contributed by atoms with van der Waals surface area (Å²) in [5.74, 6) is -2.22. The van der Waals surface area contributed by atoms with Gasteiger partial charge < -0.3 is 25.6 Å². The fourth-order valence-corrected chi connectivity index (χ4v) is 4.90. The molecule has 0 radical (unpaired) electrons. The van der Waals surface area contributed by atoms with E-state index in [1.807, 2.05) is 36.4 Å². The van der Waals surface area contributed by atoms with Crippen molar-refractivity contribution in [3.8, 4) is 11.1 Å². The average molecular weight is 453 g/mol. The van der Waals surface area contributed by atoms with Gasteiger partial charge in [0.1, 0.15) is 12.6 Å². The molecule has 8 nitrogen and oxygen atoms in total. The number of rotatable bonds is 8. The number of hydrogen-bond donors (Lipinski definition) is 4. The minimum atomic E-state index is -1.20. The molecule has 0 spiro atoms.